The molecule has 6 rings (SSSR count). The molecule has 9 nitrogen and oxygen atoms in total. The van der Waals surface area contributed by atoms with Gasteiger partial charge in [-0.1, -0.05) is 49.6 Å². The number of ether oxygens (including phenoxy) is 1. The van der Waals surface area contributed by atoms with E-state index >= 15 is 0 Å². The van der Waals surface area contributed by atoms with Crippen LogP contribution in [0, 0.1) is 5.92 Å². The van der Waals surface area contributed by atoms with Gasteiger partial charge in [-0.3, -0.25) is 9.59 Å². The molecule has 1 aliphatic carbocycles. The molecule has 43 heavy (non-hydrogen) atoms. The van der Waals surface area contributed by atoms with Crippen LogP contribution >= 0.6 is 0 Å². The van der Waals surface area contributed by atoms with Crippen LogP contribution in [0.1, 0.15) is 85.0 Å². The highest BCUT2D eigenvalue weighted by atomic mass is 32.2. The molecule has 3 heterocycles. The van der Waals surface area contributed by atoms with Crippen LogP contribution in [-0.4, -0.2) is 75.4 Å². The van der Waals surface area contributed by atoms with Gasteiger partial charge in [0.25, 0.3) is 11.8 Å². The number of carbonyl (C=O) groups excluding carboxylic acids is 2. The third kappa shape index (κ3) is 5.72. The minimum Gasteiger partial charge on any atom is -0.372 e. The summed E-state index contributed by atoms with van der Waals surface area (Å²) in [5.41, 5.74) is 5.28. The Morgan fingerprint density at radius 2 is 1.65 bits per heavy atom. The van der Waals surface area contributed by atoms with Crippen molar-refractivity contribution in [1.82, 2.24) is 13.9 Å². The lowest BCUT2D eigenvalue weighted by molar-refractivity contribution is -0.139. The minimum atomic E-state index is -3.95. The molecule has 1 N–H and O–H groups in total. The molecule has 230 valence electrons. The summed E-state index contributed by atoms with van der Waals surface area (Å²) in [6.07, 6.45) is 7.90. The predicted molar refractivity (Wildman–Crippen MR) is 167 cm³/mol. The summed E-state index contributed by atoms with van der Waals surface area (Å²) in [7, 11) is -1.18. The zero-order chi connectivity index (χ0) is 30.5. The zero-order valence-electron chi connectivity index (χ0n) is 25.5. The summed E-state index contributed by atoms with van der Waals surface area (Å²) < 4.78 is 34.0. The molecule has 1 saturated carbocycles. The molecule has 3 aliphatic heterocycles. The summed E-state index contributed by atoms with van der Waals surface area (Å²) in [4.78, 5) is 31.5. The molecule has 2 unspecified atom stereocenters. The molecule has 4 atom stereocenters. The standard InChI is InChI=1S/C33H42N4O5S/c1-21-18-36(19-22(2)42-21)33(39)26-16-24-12-8-9-13-27(24)31-30(23-10-6-5-7-11-23)28-15-14-25(17-29(28)37(31)20-26)32(38)34-43(40,41)35(3)4/h8-9,12-17,21-23,30-31H,5-7,10-11,18-20H2,1-4H3,(H,34,38)/t21-,22+,30?,31?. The first-order chi connectivity index (χ1) is 20.5. The second-order valence-electron chi connectivity index (χ2n) is 12.8. The van der Waals surface area contributed by atoms with Crippen molar-refractivity contribution in [2.45, 2.75) is 70.1 Å². The largest absolute Gasteiger partial charge is 0.372 e. The molecule has 0 bridgehead atoms. The SMILES string of the molecule is C[C@@H]1CN(C(=O)C2=Cc3ccccc3C3C(C4CCCCC4)c4ccc(C(=O)NS(=O)(=O)N(C)C)cc4N3C2)C[C@H](C)O1. The molecule has 2 fully saturated rings. The van der Waals surface area contributed by atoms with Crippen LogP contribution in [-0.2, 0) is 19.7 Å². The van der Waals surface area contributed by atoms with Gasteiger partial charge in [0.2, 0.25) is 0 Å². The summed E-state index contributed by atoms with van der Waals surface area (Å²) in [5.74, 6) is 0.00603. The third-order valence-corrected chi connectivity index (χ3v) is 10.9. The van der Waals surface area contributed by atoms with E-state index in [1.807, 2.05) is 36.9 Å². The van der Waals surface area contributed by atoms with Gasteiger partial charge in [-0.05, 0) is 67.5 Å². The van der Waals surface area contributed by atoms with Crippen LogP contribution in [0.25, 0.3) is 6.08 Å². The van der Waals surface area contributed by atoms with Crippen molar-refractivity contribution in [3.8, 4) is 0 Å². The van der Waals surface area contributed by atoms with Crippen molar-refractivity contribution in [3.63, 3.8) is 0 Å². The Kier molecular flexibility index (Phi) is 8.12. The van der Waals surface area contributed by atoms with Crippen LogP contribution in [0.3, 0.4) is 0 Å². The third-order valence-electron chi connectivity index (χ3n) is 9.46. The molecule has 2 aromatic rings. The van der Waals surface area contributed by atoms with E-state index in [0.717, 1.165) is 28.4 Å². The van der Waals surface area contributed by atoms with Gasteiger partial charge in [0.1, 0.15) is 0 Å². The molecule has 2 amide bonds. The van der Waals surface area contributed by atoms with E-state index in [1.54, 1.807) is 6.07 Å². The Morgan fingerprint density at radius 1 is 0.953 bits per heavy atom. The second kappa shape index (κ2) is 11.7. The minimum absolute atomic E-state index is 0.00204. The number of nitrogens with one attached hydrogen (secondary N) is 1. The lowest BCUT2D eigenvalue weighted by Gasteiger charge is -2.37. The van der Waals surface area contributed by atoms with Crippen LogP contribution in [0.4, 0.5) is 5.69 Å². The number of amides is 2. The van der Waals surface area contributed by atoms with E-state index in [-0.39, 0.29) is 35.6 Å². The van der Waals surface area contributed by atoms with Crippen LogP contribution in [0.2, 0.25) is 0 Å². The fourth-order valence-corrected chi connectivity index (χ4v) is 8.09. The quantitative estimate of drug-likeness (QED) is 0.539. The molecule has 0 radical (unpaired) electrons. The van der Waals surface area contributed by atoms with Crippen LogP contribution < -0.4 is 9.62 Å². The number of rotatable bonds is 5. The maximum absolute atomic E-state index is 14.1. The van der Waals surface area contributed by atoms with Crippen LogP contribution in [0.15, 0.2) is 48.0 Å². The predicted octanol–water partition coefficient (Wildman–Crippen LogP) is 4.48. The van der Waals surface area contributed by atoms with Crippen molar-refractivity contribution in [2.75, 3.05) is 38.6 Å². The Morgan fingerprint density at radius 3 is 2.35 bits per heavy atom. The highest BCUT2D eigenvalue weighted by Crippen LogP contribution is 2.56. The Labute approximate surface area is 255 Å². The van der Waals surface area contributed by atoms with E-state index in [4.69, 9.17) is 4.74 Å². The van der Waals surface area contributed by atoms with Gasteiger partial charge in [-0.2, -0.15) is 12.7 Å². The number of fused-ring (bicyclic) bond motifs is 5. The average Bonchev–Trinajstić information content (AvgIpc) is 3.18. The number of nitrogens with zero attached hydrogens (tertiary/aromatic N) is 3. The summed E-state index contributed by atoms with van der Waals surface area (Å²) >= 11 is 0. The van der Waals surface area contributed by atoms with Crippen molar-refractivity contribution in [1.29, 1.82) is 0 Å². The molecule has 0 aromatic heterocycles. The number of benzene rings is 2. The van der Waals surface area contributed by atoms with Gasteiger partial charge in [0.05, 0.1) is 18.2 Å². The summed E-state index contributed by atoms with van der Waals surface area (Å²) in [6.45, 7) is 5.47. The van der Waals surface area contributed by atoms with Crippen molar-refractivity contribution < 1.29 is 22.7 Å². The highest BCUT2D eigenvalue weighted by molar-refractivity contribution is 7.87. The number of hydrogen-bond donors (Lipinski definition) is 1. The zero-order valence-corrected chi connectivity index (χ0v) is 26.3. The lowest BCUT2D eigenvalue weighted by atomic mass is 9.73. The van der Waals surface area contributed by atoms with Crippen molar-refractivity contribution >= 4 is 33.8 Å². The van der Waals surface area contributed by atoms with Gasteiger partial charge in [0, 0.05) is 56.5 Å². The number of anilines is 1. The van der Waals surface area contributed by atoms with E-state index < -0.39 is 16.1 Å². The molecule has 2 aromatic carbocycles. The van der Waals surface area contributed by atoms with Crippen LogP contribution in [0.5, 0.6) is 0 Å². The van der Waals surface area contributed by atoms with Gasteiger partial charge >= 0.3 is 10.2 Å². The van der Waals surface area contributed by atoms with Gasteiger partial charge < -0.3 is 14.5 Å². The van der Waals surface area contributed by atoms with E-state index in [2.05, 4.69) is 33.9 Å². The summed E-state index contributed by atoms with van der Waals surface area (Å²) in [6, 6.07) is 13.9. The lowest BCUT2D eigenvalue weighted by Crippen LogP contribution is -2.49. The topological polar surface area (TPSA) is 99.3 Å². The number of morpholine rings is 1. The van der Waals surface area contributed by atoms with E-state index in [9.17, 15) is 18.0 Å². The first-order valence-corrected chi connectivity index (χ1v) is 16.9. The number of hydrogen-bond acceptors (Lipinski definition) is 6. The first-order valence-electron chi connectivity index (χ1n) is 15.4. The van der Waals surface area contributed by atoms with Gasteiger partial charge in [0.15, 0.2) is 0 Å². The highest BCUT2D eigenvalue weighted by Gasteiger charge is 2.46. The maximum Gasteiger partial charge on any atom is 0.303 e. The van der Waals surface area contributed by atoms with E-state index in [0.29, 0.717) is 31.1 Å². The first kappa shape index (κ1) is 29.8. The summed E-state index contributed by atoms with van der Waals surface area (Å²) in [5, 5.41) is 0. The number of carbonyl (C=O) groups is 2. The Balaban J connectivity index is 1.44. The normalized spacial score (nSPS) is 25.8. The maximum atomic E-state index is 14.1. The second-order valence-corrected chi connectivity index (χ2v) is 14.6. The fraction of sp³-hybridized carbons (Fsp3) is 0.515. The van der Waals surface area contributed by atoms with Gasteiger partial charge in [-0.25, -0.2) is 4.72 Å². The Hall–Kier alpha value is -3.21. The monoisotopic (exact) mass is 606 g/mol. The molecular weight excluding hydrogens is 564 g/mol. The molecule has 4 aliphatic rings. The van der Waals surface area contributed by atoms with Crippen molar-refractivity contribution in [2.24, 2.45) is 5.92 Å². The van der Waals surface area contributed by atoms with Crippen molar-refractivity contribution in [3.05, 3.63) is 70.3 Å². The molecular formula is C33H42N4O5S. The van der Waals surface area contributed by atoms with Gasteiger partial charge in [-0.15, -0.1) is 0 Å². The fourth-order valence-electron chi connectivity index (χ4n) is 7.55. The molecule has 0 spiro atoms. The van der Waals surface area contributed by atoms with E-state index in [1.165, 1.54) is 44.5 Å². The molecule has 10 heteroatoms. The molecule has 1 saturated heterocycles. The average molecular weight is 607 g/mol. The Bertz CT molecular complexity index is 1540. The smallest absolute Gasteiger partial charge is 0.303 e.